The molecular weight excluding hydrogens is 168 g/mol. The number of hydrogen-bond acceptors (Lipinski definition) is 3. The summed E-state index contributed by atoms with van der Waals surface area (Å²) in [6.07, 6.45) is 1.97. The van der Waals surface area contributed by atoms with Crippen LogP contribution in [0.3, 0.4) is 0 Å². The van der Waals surface area contributed by atoms with Crippen molar-refractivity contribution in [3.05, 3.63) is 23.8 Å². The second kappa shape index (κ2) is 4.03. The predicted octanol–water partition coefficient (Wildman–Crippen LogP) is 2.32. The normalized spacial score (nSPS) is 9.08. The number of thioether (sulfide) groups is 1. The van der Waals surface area contributed by atoms with E-state index >= 15 is 0 Å². The van der Waals surface area contributed by atoms with Crippen LogP contribution in [0.4, 0.5) is 5.69 Å². The lowest BCUT2D eigenvalue weighted by atomic mass is 10.2. The molecule has 1 aromatic carbocycles. The van der Waals surface area contributed by atoms with Crippen molar-refractivity contribution in [2.75, 3.05) is 18.6 Å². The molecule has 0 bridgehead atoms. The standard InChI is InChI=1S/C9H10N2S/c1-11-8-4-3-5-9(12-2)7(8)6-10/h3-5,11H,1-2H3. The second-order valence-electron chi connectivity index (χ2n) is 2.24. The quantitative estimate of drug-likeness (QED) is 0.706. The lowest BCUT2D eigenvalue weighted by Gasteiger charge is -2.05. The van der Waals surface area contributed by atoms with Gasteiger partial charge < -0.3 is 5.32 Å². The van der Waals surface area contributed by atoms with E-state index in [4.69, 9.17) is 5.26 Å². The van der Waals surface area contributed by atoms with Crippen LogP contribution in [0.25, 0.3) is 0 Å². The Hall–Kier alpha value is -1.14. The number of rotatable bonds is 2. The lowest BCUT2D eigenvalue weighted by Crippen LogP contribution is -1.93. The van der Waals surface area contributed by atoms with E-state index in [1.54, 1.807) is 11.8 Å². The predicted molar refractivity (Wildman–Crippen MR) is 52.5 cm³/mol. The molecule has 62 valence electrons. The fourth-order valence-electron chi connectivity index (χ4n) is 1.02. The molecule has 0 aliphatic carbocycles. The Morgan fingerprint density at radius 1 is 1.50 bits per heavy atom. The van der Waals surface area contributed by atoms with Gasteiger partial charge in [0.2, 0.25) is 0 Å². The van der Waals surface area contributed by atoms with Gasteiger partial charge in [-0.2, -0.15) is 5.26 Å². The minimum atomic E-state index is 0.729. The van der Waals surface area contributed by atoms with Gasteiger partial charge in [-0.15, -0.1) is 11.8 Å². The summed E-state index contributed by atoms with van der Waals surface area (Å²) in [5.74, 6) is 0. The molecule has 0 fully saturated rings. The van der Waals surface area contributed by atoms with Crippen LogP contribution < -0.4 is 5.32 Å². The van der Waals surface area contributed by atoms with Gasteiger partial charge in [-0.25, -0.2) is 0 Å². The topological polar surface area (TPSA) is 35.8 Å². The fourth-order valence-corrected chi connectivity index (χ4v) is 1.60. The van der Waals surface area contributed by atoms with Gasteiger partial charge in [0.1, 0.15) is 6.07 Å². The summed E-state index contributed by atoms with van der Waals surface area (Å²) >= 11 is 1.59. The first-order valence-corrected chi connectivity index (χ1v) is 4.80. The third kappa shape index (κ3) is 1.54. The van der Waals surface area contributed by atoms with Crippen molar-refractivity contribution in [1.29, 1.82) is 5.26 Å². The van der Waals surface area contributed by atoms with Gasteiger partial charge in [0, 0.05) is 11.9 Å². The highest BCUT2D eigenvalue weighted by Gasteiger charge is 2.04. The molecule has 0 amide bonds. The Morgan fingerprint density at radius 3 is 2.75 bits per heavy atom. The van der Waals surface area contributed by atoms with E-state index in [9.17, 15) is 0 Å². The molecule has 3 heteroatoms. The molecule has 0 spiro atoms. The van der Waals surface area contributed by atoms with Gasteiger partial charge in [-0.3, -0.25) is 0 Å². The molecule has 12 heavy (non-hydrogen) atoms. The average Bonchev–Trinajstić information content (AvgIpc) is 2.16. The molecule has 1 N–H and O–H groups in total. The number of hydrogen-bond donors (Lipinski definition) is 1. The van der Waals surface area contributed by atoms with Gasteiger partial charge in [-0.05, 0) is 18.4 Å². The molecule has 0 radical (unpaired) electrons. The summed E-state index contributed by atoms with van der Waals surface area (Å²) in [6, 6.07) is 7.98. The van der Waals surface area contributed by atoms with E-state index in [1.165, 1.54) is 0 Å². The van der Waals surface area contributed by atoms with Crippen molar-refractivity contribution in [3.63, 3.8) is 0 Å². The molecule has 1 rings (SSSR count). The fraction of sp³-hybridized carbons (Fsp3) is 0.222. The minimum Gasteiger partial charge on any atom is -0.387 e. The van der Waals surface area contributed by atoms with Crippen molar-refractivity contribution in [2.45, 2.75) is 4.90 Å². The summed E-state index contributed by atoms with van der Waals surface area (Å²) in [4.78, 5) is 1.02. The Balaban J connectivity index is 3.25. The summed E-state index contributed by atoms with van der Waals surface area (Å²) in [5, 5.41) is 11.8. The van der Waals surface area contributed by atoms with Crippen molar-refractivity contribution in [3.8, 4) is 6.07 Å². The summed E-state index contributed by atoms with van der Waals surface area (Å²) in [7, 11) is 1.82. The van der Waals surface area contributed by atoms with Crippen molar-refractivity contribution >= 4 is 17.4 Å². The summed E-state index contributed by atoms with van der Waals surface area (Å²) < 4.78 is 0. The Kier molecular flexibility index (Phi) is 3.01. The van der Waals surface area contributed by atoms with Crippen LogP contribution in [0.2, 0.25) is 0 Å². The number of anilines is 1. The monoisotopic (exact) mass is 178 g/mol. The highest BCUT2D eigenvalue weighted by molar-refractivity contribution is 7.98. The van der Waals surface area contributed by atoms with Gasteiger partial charge >= 0.3 is 0 Å². The van der Waals surface area contributed by atoms with E-state index in [0.717, 1.165) is 16.1 Å². The second-order valence-corrected chi connectivity index (χ2v) is 3.09. The zero-order chi connectivity index (χ0) is 8.97. The molecule has 1 aromatic rings. The first-order chi connectivity index (χ1) is 5.83. The maximum absolute atomic E-state index is 8.86. The first kappa shape index (κ1) is 8.95. The molecule has 0 saturated heterocycles. The molecule has 2 nitrogen and oxygen atoms in total. The van der Waals surface area contributed by atoms with Crippen LogP contribution in [0.5, 0.6) is 0 Å². The highest BCUT2D eigenvalue weighted by Crippen LogP contribution is 2.25. The third-order valence-electron chi connectivity index (χ3n) is 1.63. The molecule has 0 heterocycles. The minimum absolute atomic E-state index is 0.729. The zero-order valence-corrected chi connectivity index (χ0v) is 7.90. The number of nitriles is 1. The van der Waals surface area contributed by atoms with Crippen LogP contribution in [-0.2, 0) is 0 Å². The van der Waals surface area contributed by atoms with Crippen molar-refractivity contribution in [1.82, 2.24) is 0 Å². The van der Waals surface area contributed by atoms with E-state index in [1.807, 2.05) is 31.5 Å². The molecular formula is C9H10N2S. The van der Waals surface area contributed by atoms with Crippen LogP contribution in [0.1, 0.15) is 5.56 Å². The van der Waals surface area contributed by atoms with Crippen LogP contribution >= 0.6 is 11.8 Å². The van der Waals surface area contributed by atoms with Gasteiger partial charge in [-0.1, -0.05) is 6.07 Å². The maximum atomic E-state index is 8.86. The largest absolute Gasteiger partial charge is 0.387 e. The van der Waals surface area contributed by atoms with E-state index < -0.39 is 0 Å². The number of nitrogens with zero attached hydrogens (tertiary/aromatic N) is 1. The summed E-state index contributed by atoms with van der Waals surface area (Å²) in [6.45, 7) is 0. The van der Waals surface area contributed by atoms with Gasteiger partial charge in [0.15, 0.2) is 0 Å². The average molecular weight is 178 g/mol. The van der Waals surface area contributed by atoms with Crippen LogP contribution in [0.15, 0.2) is 23.1 Å². The van der Waals surface area contributed by atoms with E-state index in [2.05, 4.69) is 11.4 Å². The van der Waals surface area contributed by atoms with Crippen molar-refractivity contribution in [2.24, 2.45) is 0 Å². The molecule has 0 aliphatic rings. The molecule has 0 saturated carbocycles. The molecule has 0 unspecified atom stereocenters. The maximum Gasteiger partial charge on any atom is 0.102 e. The highest BCUT2D eigenvalue weighted by atomic mass is 32.2. The van der Waals surface area contributed by atoms with Crippen LogP contribution in [-0.4, -0.2) is 13.3 Å². The Labute approximate surface area is 76.6 Å². The summed E-state index contributed by atoms with van der Waals surface area (Å²) in [5.41, 5.74) is 1.62. The SMILES string of the molecule is CNc1cccc(SC)c1C#N. The molecule has 0 atom stereocenters. The first-order valence-electron chi connectivity index (χ1n) is 3.58. The molecule has 0 aliphatic heterocycles. The number of benzene rings is 1. The van der Waals surface area contributed by atoms with E-state index in [0.29, 0.717) is 0 Å². The number of nitrogens with one attached hydrogen (secondary N) is 1. The lowest BCUT2D eigenvalue weighted by molar-refractivity contribution is 1.34. The van der Waals surface area contributed by atoms with Gasteiger partial charge in [0.05, 0.1) is 11.3 Å². The van der Waals surface area contributed by atoms with Crippen molar-refractivity contribution < 1.29 is 0 Å². The van der Waals surface area contributed by atoms with E-state index in [-0.39, 0.29) is 0 Å². The molecule has 0 aromatic heterocycles. The smallest absolute Gasteiger partial charge is 0.102 e. The third-order valence-corrected chi connectivity index (χ3v) is 2.41. The van der Waals surface area contributed by atoms with Crippen LogP contribution in [0, 0.1) is 11.3 Å². The van der Waals surface area contributed by atoms with Gasteiger partial charge in [0.25, 0.3) is 0 Å². The Morgan fingerprint density at radius 2 is 2.25 bits per heavy atom. The zero-order valence-electron chi connectivity index (χ0n) is 7.09. The Bertz CT molecular complexity index is 293.